The molecule has 1 aromatic heterocycles. The smallest absolute Gasteiger partial charge is 0.193 e. The number of para-hydroxylation sites is 1. The molecule has 2 heterocycles. The Bertz CT molecular complexity index is 636. The van der Waals surface area contributed by atoms with E-state index in [1.807, 2.05) is 36.4 Å². The van der Waals surface area contributed by atoms with Gasteiger partial charge in [-0.05, 0) is 12.1 Å². The summed E-state index contributed by atoms with van der Waals surface area (Å²) < 4.78 is 5.87. The lowest BCUT2D eigenvalue weighted by atomic mass is 9.95. The molecule has 0 saturated carbocycles. The van der Waals surface area contributed by atoms with Crippen LogP contribution >= 0.6 is 0 Å². The van der Waals surface area contributed by atoms with Gasteiger partial charge in [-0.3, -0.25) is 9.78 Å². The number of hydrogen-bond acceptors (Lipinski definition) is 3. The Morgan fingerprint density at radius 2 is 1.88 bits per heavy atom. The Hall–Kier alpha value is -2.16. The molecule has 3 nitrogen and oxygen atoms in total. The highest BCUT2D eigenvalue weighted by Crippen LogP contribution is 2.51. The molecule has 0 radical (unpaired) electrons. The van der Waals surface area contributed by atoms with Gasteiger partial charge < -0.3 is 4.74 Å². The summed E-state index contributed by atoms with van der Waals surface area (Å²) in [5, 5.41) is 0. The minimum absolute atomic E-state index is 0.0792. The Morgan fingerprint density at radius 3 is 2.82 bits per heavy atom. The van der Waals surface area contributed by atoms with Crippen LogP contribution in [0.15, 0.2) is 42.6 Å². The van der Waals surface area contributed by atoms with Crippen molar-refractivity contribution in [1.29, 1.82) is 0 Å². The van der Waals surface area contributed by atoms with Crippen molar-refractivity contribution in [3.05, 3.63) is 59.4 Å². The number of Topliss-reactive ketones (excluding diaryl/α,β-unsaturated/α-hetero) is 1. The van der Waals surface area contributed by atoms with Crippen LogP contribution in [-0.4, -0.2) is 10.8 Å². The minimum Gasteiger partial charge on any atom is -0.484 e. The normalized spacial score (nSPS) is 23.9. The number of benzene rings is 1. The van der Waals surface area contributed by atoms with Gasteiger partial charge in [-0.1, -0.05) is 24.3 Å². The Kier molecular flexibility index (Phi) is 1.55. The van der Waals surface area contributed by atoms with Crippen molar-refractivity contribution in [1.82, 2.24) is 4.98 Å². The molecule has 2 unspecified atom stereocenters. The first kappa shape index (κ1) is 8.93. The summed E-state index contributed by atoms with van der Waals surface area (Å²) >= 11 is 0. The van der Waals surface area contributed by atoms with Crippen LogP contribution in [0, 0.1) is 0 Å². The first-order valence-electron chi connectivity index (χ1n) is 5.61. The van der Waals surface area contributed by atoms with E-state index in [9.17, 15) is 4.79 Å². The lowest BCUT2D eigenvalue weighted by Crippen LogP contribution is -2.08. The second-order valence-corrected chi connectivity index (χ2v) is 4.36. The number of ketones is 1. The zero-order valence-corrected chi connectivity index (χ0v) is 8.96. The molecule has 0 bridgehead atoms. The van der Waals surface area contributed by atoms with Crippen LogP contribution in [-0.2, 0) is 0 Å². The first-order valence-corrected chi connectivity index (χ1v) is 5.61. The molecule has 4 rings (SSSR count). The predicted octanol–water partition coefficient (Wildman–Crippen LogP) is 2.50. The number of rotatable bonds is 0. The van der Waals surface area contributed by atoms with E-state index in [-0.39, 0.29) is 17.8 Å². The zero-order valence-electron chi connectivity index (χ0n) is 8.96. The van der Waals surface area contributed by atoms with Crippen molar-refractivity contribution in [2.75, 3.05) is 0 Å². The molecule has 82 valence electrons. The number of aromatic nitrogens is 1. The summed E-state index contributed by atoms with van der Waals surface area (Å²) in [5.74, 6) is 0.706. The summed E-state index contributed by atoms with van der Waals surface area (Å²) in [6.07, 6.45) is 1.48. The minimum atomic E-state index is -0.198. The van der Waals surface area contributed by atoms with Gasteiger partial charge in [-0.15, -0.1) is 0 Å². The maximum absolute atomic E-state index is 12.3. The van der Waals surface area contributed by atoms with Gasteiger partial charge in [0, 0.05) is 17.3 Å². The van der Waals surface area contributed by atoms with E-state index in [4.69, 9.17) is 4.74 Å². The summed E-state index contributed by atoms with van der Waals surface area (Å²) in [4.78, 5) is 16.5. The first-order chi connectivity index (χ1) is 8.36. The van der Waals surface area contributed by atoms with E-state index in [1.54, 1.807) is 6.20 Å². The average molecular weight is 223 g/mol. The topological polar surface area (TPSA) is 39.2 Å². The Labute approximate surface area is 98.1 Å². The van der Waals surface area contributed by atoms with E-state index in [2.05, 4.69) is 4.98 Å². The highest BCUT2D eigenvalue weighted by molar-refractivity contribution is 6.05. The molecule has 1 aliphatic heterocycles. The van der Waals surface area contributed by atoms with Crippen molar-refractivity contribution >= 4 is 5.78 Å². The van der Waals surface area contributed by atoms with E-state index in [1.165, 1.54) is 0 Å². The molecular weight excluding hydrogens is 214 g/mol. The maximum Gasteiger partial charge on any atom is 0.193 e. The molecule has 0 N–H and O–H groups in total. The Balaban J connectivity index is 1.94. The van der Waals surface area contributed by atoms with Crippen molar-refractivity contribution in [2.45, 2.75) is 12.0 Å². The second kappa shape index (κ2) is 2.94. The molecule has 0 spiro atoms. The molecule has 2 aromatic rings. The van der Waals surface area contributed by atoms with Crippen LogP contribution in [0.4, 0.5) is 0 Å². The molecule has 0 fully saturated rings. The fraction of sp³-hybridized carbons (Fsp3) is 0.143. The van der Waals surface area contributed by atoms with Gasteiger partial charge >= 0.3 is 0 Å². The lowest BCUT2D eigenvalue weighted by molar-refractivity contribution is 0.0931. The highest BCUT2D eigenvalue weighted by Gasteiger charge is 2.48. The Morgan fingerprint density at radius 1 is 1.06 bits per heavy atom. The highest BCUT2D eigenvalue weighted by atomic mass is 16.5. The van der Waals surface area contributed by atoms with E-state index < -0.39 is 0 Å². The van der Waals surface area contributed by atoms with Crippen molar-refractivity contribution in [2.24, 2.45) is 0 Å². The molecule has 1 aliphatic carbocycles. The van der Waals surface area contributed by atoms with Crippen LogP contribution in [0.1, 0.15) is 33.6 Å². The molecule has 0 saturated heterocycles. The van der Waals surface area contributed by atoms with Gasteiger partial charge in [0.2, 0.25) is 0 Å². The third-order valence-corrected chi connectivity index (χ3v) is 3.47. The van der Waals surface area contributed by atoms with Gasteiger partial charge in [-0.2, -0.15) is 0 Å². The van der Waals surface area contributed by atoms with Gasteiger partial charge in [0.15, 0.2) is 5.78 Å². The van der Waals surface area contributed by atoms with Crippen molar-refractivity contribution in [3.8, 4) is 5.75 Å². The van der Waals surface area contributed by atoms with Gasteiger partial charge in [-0.25, -0.2) is 0 Å². The number of carbonyl (C=O) groups excluding carboxylic acids is 1. The predicted molar refractivity (Wildman–Crippen MR) is 61.1 cm³/mol. The van der Waals surface area contributed by atoms with Crippen molar-refractivity contribution < 1.29 is 9.53 Å². The fourth-order valence-corrected chi connectivity index (χ4v) is 2.73. The summed E-state index contributed by atoms with van der Waals surface area (Å²) in [6.45, 7) is 0. The quantitative estimate of drug-likeness (QED) is 0.688. The van der Waals surface area contributed by atoms with Crippen LogP contribution in [0.2, 0.25) is 0 Å². The lowest BCUT2D eigenvalue weighted by Gasteiger charge is -2.08. The maximum atomic E-state index is 12.3. The molecular formula is C14H9NO2. The van der Waals surface area contributed by atoms with E-state index in [0.717, 1.165) is 16.9 Å². The monoisotopic (exact) mass is 223 g/mol. The number of pyridine rings is 1. The summed E-state index contributed by atoms with van der Waals surface area (Å²) in [7, 11) is 0. The number of nitrogens with zero attached hydrogens (tertiary/aromatic N) is 1. The average Bonchev–Trinajstić information content (AvgIpc) is 2.88. The standard InChI is InChI=1S/C14H9NO2/c16-13-11-8-4-1-2-6-10(8)17-14(11)9-5-3-7-15-12(9)13/h1-7,11,14H. The molecule has 1 aromatic carbocycles. The molecule has 2 aliphatic rings. The number of carbonyl (C=O) groups is 1. The molecule has 2 atom stereocenters. The fourth-order valence-electron chi connectivity index (χ4n) is 2.73. The van der Waals surface area contributed by atoms with Crippen LogP contribution in [0.5, 0.6) is 5.75 Å². The van der Waals surface area contributed by atoms with Crippen LogP contribution in [0.25, 0.3) is 0 Å². The largest absolute Gasteiger partial charge is 0.484 e. The third-order valence-electron chi connectivity index (χ3n) is 3.47. The van der Waals surface area contributed by atoms with Gasteiger partial charge in [0.1, 0.15) is 17.5 Å². The number of fused-ring (bicyclic) bond motifs is 5. The number of hydrogen-bond donors (Lipinski definition) is 0. The summed E-state index contributed by atoms with van der Waals surface area (Å²) in [6, 6.07) is 11.5. The van der Waals surface area contributed by atoms with E-state index >= 15 is 0 Å². The molecule has 17 heavy (non-hydrogen) atoms. The molecule has 3 heteroatoms. The summed E-state index contributed by atoms with van der Waals surface area (Å²) in [5.41, 5.74) is 2.47. The SMILES string of the molecule is O=C1c2ncccc2C2Oc3ccccc3C12. The zero-order chi connectivity index (χ0) is 11.4. The van der Waals surface area contributed by atoms with E-state index in [0.29, 0.717) is 5.69 Å². The second-order valence-electron chi connectivity index (χ2n) is 4.36. The van der Waals surface area contributed by atoms with Gasteiger partial charge in [0.05, 0.1) is 5.92 Å². The van der Waals surface area contributed by atoms with Crippen LogP contribution in [0.3, 0.4) is 0 Å². The number of ether oxygens (including phenoxy) is 1. The third kappa shape index (κ3) is 1.01. The van der Waals surface area contributed by atoms with Crippen LogP contribution < -0.4 is 4.74 Å². The van der Waals surface area contributed by atoms with Gasteiger partial charge in [0.25, 0.3) is 0 Å². The molecule has 0 amide bonds. The van der Waals surface area contributed by atoms with Crippen molar-refractivity contribution in [3.63, 3.8) is 0 Å².